The van der Waals surface area contributed by atoms with E-state index in [-0.39, 0.29) is 11.3 Å². The Bertz CT molecular complexity index is 950. The van der Waals surface area contributed by atoms with Crippen molar-refractivity contribution in [2.45, 2.75) is 19.4 Å². The highest BCUT2D eigenvalue weighted by molar-refractivity contribution is 6.46. The van der Waals surface area contributed by atoms with Crippen molar-refractivity contribution in [1.29, 1.82) is 0 Å². The van der Waals surface area contributed by atoms with Gasteiger partial charge in [-0.25, -0.2) is 0 Å². The predicted octanol–water partition coefficient (Wildman–Crippen LogP) is 3.46. The first-order valence-electron chi connectivity index (χ1n) is 9.46. The van der Waals surface area contributed by atoms with Gasteiger partial charge in [-0.2, -0.15) is 0 Å². The molecule has 1 amide bonds. The lowest BCUT2D eigenvalue weighted by Crippen LogP contribution is -2.31. The molecule has 1 fully saturated rings. The molecular formula is C23H25NO5. The number of aliphatic hydroxyl groups is 1. The van der Waals surface area contributed by atoms with E-state index in [0.29, 0.717) is 30.9 Å². The number of carbonyl (C=O) groups excluding carboxylic acids is 2. The van der Waals surface area contributed by atoms with Crippen LogP contribution in [0.1, 0.15) is 29.2 Å². The molecule has 0 bridgehead atoms. The van der Waals surface area contributed by atoms with Crippen LogP contribution >= 0.6 is 0 Å². The summed E-state index contributed by atoms with van der Waals surface area (Å²) >= 11 is 0. The zero-order valence-electron chi connectivity index (χ0n) is 16.8. The Morgan fingerprint density at radius 2 is 1.86 bits per heavy atom. The number of ether oxygens (including phenoxy) is 2. The number of rotatable bonds is 7. The van der Waals surface area contributed by atoms with E-state index in [4.69, 9.17) is 9.47 Å². The zero-order valence-corrected chi connectivity index (χ0v) is 16.8. The van der Waals surface area contributed by atoms with Crippen LogP contribution in [-0.2, 0) is 14.3 Å². The highest BCUT2D eigenvalue weighted by atomic mass is 16.5. The molecular weight excluding hydrogens is 370 g/mol. The Hall–Kier alpha value is -3.12. The first-order chi connectivity index (χ1) is 14.0. The van der Waals surface area contributed by atoms with Gasteiger partial charge in [0, 0.05) is 25.8 Å². The molecule has 0 saturated carbocycles. The SMILES string of the molecule is COCCCN1C(=O)C(=O)/C(=C(\O)c2cccc(OC)c2)C1c1cccc(C)c1. The van der Waals surface area contributed by atoms with E-state index in [9.17, 15) is 14.7 Å². The third-order valence-electron chi connectivity index (χ3n) is 4.99. The van der Waals surface area contributed by atoms with Crippen molar-refractivity contribution in [2.24, 2.45) is 0 Å². The smallest absolute Gasteiger partial charge is 0.295 e. The molecule has 1 N–H and O–H groups in total. The van der Waals surface area contributed by atoms with E-state index in [1.54, 1.807) is 31.4 Å². The van der Waals surface area contributed by atoms with Crippen LogP contribution in [0.4, 0.5) is 0 Å². The minimum absolute atomic E-state index is 0.0891. The van der Waals surface area contributed by atoms with Crippen LogP contribution in [0.5, 0.6) is 5.75 Å². The lowest BCUT2D eigenvalue weighted by atomic mass is 9.94. The van der Waals surface area contributed by atoms with Crippen molar-refractivity contribution < 1.29 is 24.2 Å². The molecule has 1 aliphatic heterocycles. The fraction of sp³-hybridized carbons (Fsp3) is 0.304. The number of likely N-dealkylation sites (tertiary alicyclic amines) is 1. The number of aryl methyl sites for hydroxylation is 1. The van der Waals surface area contributed by atoms with Crippen LogP contribution in [0.3, 0.4) is 0 Å². The Kier molecular flexibility index (Phi) is 6.34. The highest BCUT2D eigenvalue weighted by Crippen LogP contribution is 2.39. The summed E-state index contributed by atoms with van der Waals surface area (Å²) in [6.45, 7) is 2.77. The van der Waals surface area contributed by atoms with Crippen LogP contribution in [0, 0.1) is 6.92 Å². The molecule has 1 heterocycles. The average Bonchev–Trinajstić information content (AvgIpc) is 2.98. The van der Waals surface area contributed by atoms with Crippen molar-refractivity contribution >= 4 is 17.4 Å². The maximum Gasteiger partial charge on any atom is 0.295 e. The van der Waals surface area contributed by atoms with Gasteiger partial charge in [0.2, 0.25) is 0 Å². The van der Waals surface area contributed by atoms with Gasteiger partial charge in [0.25, 0.3) is 11.7 Å². The maximum atomic E-state index is 12.9. The van der Waals surface area contributed by atoms with Gasteiger partial charge in [0.1, 0.15) is 11.5 Å². The highest BCUT2D eigenvalue weighted by Gasteiger charge is 2.45. The van der Waals surface area contributed by atoms with Crippen LogP contribution in [-0.4, -0.2) is 49.1 Å². The van der Waals surface area contributed by atoms with Crippen molar-refractivity contribution in [3.05, 3.63) is 70.8 Å². The number of benzene rings is 2. The van der Waals surface area contributed by atoms with E-state index in [1.807, 2.05) is 31.2 Å². The van der Waals surface area contributed by atoms with Crippen molar-refractivity contribution in [1.82, 2.24) is 4.90 Å². The van der Waals surface area contributed by atoms with Gasteiger partial charge in [0.05, 0.1) is 18.7 Å². The number of carbonyl (C=O) groups is 2. The molecule has 1 saturated heterocycles. The van der Waals surface area contributed by atoms with Crippen LogP contribution in [0.25, 0.3) is 5.76 Å². The molecule has 0 aromatic heterocycles. The summed E-state index contributed by atoms with van der Waals surface area (Å²) in [7, 11) is 3.12. The monoisotopic (exact) mass is 395 g/mol. The second-order valence-corrected chi connectivity index (χ2v) is 6.98. The molecule has 152 valence electrons. The Balaban J connectivity index is 2.13. The number of nitrogens with zero attached hydrogens (tertiary/aromatic N) is 1. The zero-order chi connectivity index (χ0) is 21.0. The summed E-state index contributed by atoms with van der Waals surface area (Å²) in [6, 6.07) is 13.8. The molecule has 2 aromatic carbocycles. The molecule has 6 nitrogen and oxygen atoms in total. The van der Waals surface area contributed by atoms with Gasteiger partial charge in [-0.15, -0.1) is 0 Å². The largest absolute Gasteiger partial charge is 0.507 e. The third kappa shape index (κ3) is 4.17. The minimum atomic E-state index is -0.686. The third-order valence-corrected chi connectivity index (χ3v) is 4.99. The van der Waals surface area contributed by atoms with E-state index in [1.165, 1.54) is 12.0 Å². The van der Waals surface area contributed by atoms with Crippen LogP contribution < -0.4 is 4.74 Å². The molecule has 1 aliphatic rings. The number of hydrogen-bond donors (Lipinski definition) is 1. The second kappa shape index (κ2) is 8.92. The Morgan fingerprint density at radius 1 is 1.10 bits per heavy atom. The Labute approximate surface area is 170 Å². The standard InChI is InChI=1S/C23H25NO5/c1-15-7-4-8-16(13-15)20-19(21(25)17-9-5-10-18(14-17)29-3)22(26)23(27)24(20)11-6-12-28-2/h4-5,7-10,13-14,20,25H,6,11-12H2,1-3H3/b21-19-. The summed E-state index contributed by atoms with van der Waals surface area (Å²) in [6.07, 6.45) is 0.588. The number of aliphatic hydroxyl groups excluding tert-OH is 1. The summed E-state index contributed by atoms with van der Waals surface area (Å²) < 4.78 is 10.3. The van der Waals surface area contributed by atoms with Gasteiger partial charge in [0.15, 0.2) is 0 Å². The number of ketones is 1. The molecule has 1 atom stereocenters. The van der Waals surface area contributed by atoms with Gasteiger partial charge >= 0.3 is 0 Å². The Morgan fingerprint density at radius 3 is 2.55 bits per heavy atom. The lowest BCUT2D eigenvalue weighted by molar-refractivity contribution is -0.140. The molecule has 2 aromatic rings. The van der Waals surface area contributed by atoms with Crippen LogP contribution in [0.2, 0.25) is 0 Å². The quantitative estimate of drug-likeness (QED) is 0.336. The molecule has 0 aliphatic carbocycles. The van der Waals surface area contributed by atoms with E-state index in [0.717, 1.165) is 11.1 Å². The van der Waals surface area contributed by atoms with Gasteiger partial charge in [-0.1, -0.05) is 42.0 Å². The molecule has 29 heavy (non-hydrogen) atoms. The summed E-state index contributed by atoms with van der Waals surface area (Å²) in [5.41, 5.74) is 2.31. The molecule has 1 unspecified atom stereocenters. The number of Topliss-reactive ketones (excluding diaryl/α,β-unsaturated/α-hetero) is 1. The van der Waals surface area contributed by atoms with Crippen molar-refractivity contribution in [2.75, 3.05) is 27.4 Å². The number of methoxy groups -OCH3 is 2. The normalized spacial score (nSPS) is 18.3. The predicted molar refractivity (Wildman–Crippen MR) is 110 cm³/mol. The fourth-order valence-corrected chi connectivity index (χ4v) is 3.60. The minimum Gasteiger partial charge on any atom is -0.507 e. The van der Waals surface area contributed by atoms with Crippen molar-refractivity contribution in [3.63, 3.8) is 0 Å². The van der Waals surface area contributed by atoms with Crippen LogP contribution in [0.15, 0.2) is 54.1 Å². The first kappa shape index (κ1) is 20.6. The van der Waals surface area contributed by atoms with Crippen molar-refractivity contribution in [3.8, 4) is 5.75 Å². The summed E-state index contributed by atoms with van der Waals surface area (Å²) in [5.74, 6) is -0.954. The maximum absolute atomic E-state index is 12.9. The average molecular weight is 395 g/mol. The lowest BCUT2D eigenvalue weighted by Gasteiger charge is -2.25. The number of hydrogen-bond acceptors (Lipinski definition) is 5. The summed E-state index contributed by atoms with van der Waals surface area (Å²) in [4.78, 5) is 27.2. The van der Waals surface area contributed by atoms with Gasteiger partial charge in [-0.05, 0) is 31.0 Å². The molecule has 0 spiro atoms. The fourth-order valence-electron chi connectivity index (χ4n) is 3.60. The molecule has 3 rings (SSSR count). The van der Waals surface area contributed by atoms with E-state index in [2.05, 4.69) is 0 Å². The molecule has 0 radical (unpaired) electrons. The number of amides is 1. The molecule has 6 heteroatoms. The second-order valence-electron chi connectivity index (χ2n) is 6.98. The van der Waals surface area contributed by atoms with Gasteiger partial charge < -0.3 is 19.5 Å². The van der Waals surface area contributed by atoms with E-state index >= 15 is 0 Å². The topological polar surface area (TPSA) is 76.1 Å². The van der Waals surface area contributed by atoms with Gasteiger partial charge in [-0.3, -0.25) is 9.59 Å². The van der Waals surface area contributed by atoms with E-state index < -0.39 is 17.7 Å². The summed E-state index contributed by atoms with van der Waals surface area (Å²) in [5, 5.41) is 11.0. The first-order valence-corrected chi connectivity index (χ1v) is 9.46.